The highest BCUT2D eigenvalue weighted by molar-refractivity contribution is 14.1. The molecule has 2 heteroatoms. The molecule has 0 bridgehead atoms. The largest absolute Gasteiger partial charge is 0.357 e. The molecule has 1 fully saturated rings. The summed E-state index contributed by atoms with van der Waals surface area (Å²) in [6, 6.07) is 19.3. The van der Waals surface area contributed by atoms with Gasteiger partial charge >= 0.3 is 0 Å². The van der Waals surface area contributed by atoms with Crippen LogP contribution in [-0.2, 0) is 10.3 Å². The maximum Gasteiger partial charge on any atom is 0.131 e. The first-order chi connectivity index (χ1) is 9.09. The highest BCUT2D eigenvalue weighted by Crippen LogP contribution is 2.56. The molecule has 1 saturated heterocycles. The Labute approximate surface area is 128 Å². The van der Waals surface area contributed by atoms with Crippen molar-refractivity contribution in [1.82, 2.24) is 0 Å². The smallest absolute Gasteiger partial charge is 0.131 e. The molecule has 1 atom stereocenters. The molecule has 0 aliphatic carbocycles. The number of ether oxygens (including phenoxy) is 1. The van der Waals surface area contributed by atoms with E-state index < -0.39 is 0 Å². The Kier molecular flexibility index (Phi) is 3.18. The normalized spacial score (nSPS) is 24.2. The monoisotopic (exact) mass is 364 g/mol. The molecule has 0 radical (unpaired) electrons. The van der Waals surface area contributed by atoms with Gasteiger partial charge in [0.1, 0.15) is 5.60 Å². The van der Waals surface area contributed by atoms with E-state index in [4.69, 9.17) is 4.74 Å². The number of hydrogen-bond acceptors (Lipinski definition) is 1. The second-order valence-corrected chi connectivity index (χ2v) is 6.28. The van der Waals surface area contributed by atoms with Crippen molar-refractivity contribution in [2.75, 3.05) is 4.43 Å². The summed E-state index contributed by atoms with van der Waals surface area (Å²) in [5.74, 6) is 0. The van der Waals surface area contributed by atoms with E-state index in [2.05, 4.69) is 85.0 Å². The second-order valence-electron chi connectivity index (χ2n) is 5.52. The summed E-state index contributed by atoms with van der Waals surface area (Å²) in [6.45, 7) is 4.33. The van der Waals surface area contributed by atoms with Gasteiger partial charge < -0.3 is 4.74 Å². The maximum atomic E-state index is 5.97. The van der Waals surface area contributed by atoms with E-state index in [1.165, 1.54) is 16.7 Å². The van der Waals surface area contributed by atoms with Crippen molar-refractivity contribution in [1.29, 1.82) is 0 Å². The van der Waals surface area contributed by atoms with E-state index in [0.29, 0.717) is 0 Å². The Morgan fingerprint density at radius 1 is 0.895 bits per heavy atom. The zero-order chi connectivity index (χ0) is 13.5. The lowest BCUT2D eigenvalue weighted by Gasteiger charge is -2.13. The predicted molar refractivity (Wildman–Crippen MR) is 87.6 cm³/mol. The maximum absolute atomic E-state index is 5.97. The van der Waals surface area contributed by atoms with Crippen LogP contribution < -0.4 is 0 Å². The quantitative estimate of drug-likeness (QED) is 0.433. The molecule has 0 saturated carbocycles. The van der Waals surface area contributed by atoms with Crippen molar-refractivity contribution >= 4 is 22.6 Å². The zero-order valence-electron chi connectivity index (χ0n) is 11.2. The number of hydrogen-bond donors (Lipinski definition) is 0. The Morgan fingerprint density at radius 2 is 1.42 bits per heavy atom. The molecule has 0 amide bonds. The molecule has 2 aromatic carbocycles. The minimum Gasteiger partial charge on any atom is -0.357 e. The molecule has 0 spiro atoms. The van der Waals surface area contributed by atoms with E-state index in [0.717, 1.165) is 4.43 Å². The van der Waals surface area contributed by atoms with E-state index in [1.807, 2.05) is 6.07 Å². The van der Waals surface area contributed by atoms with Crippen molar-refractivity contribution < 1.29 is 4.74 Å². The van der Waals surface area contributed by atoms with Crippen LogP contribution in [0.2, 0.25) is 0 Å². The fraction of sp³-hybridized carbons (Fsp3) is 0.294. The molecular weight excluding hydrogens is 347 g/mol. The Bertz CT molecular complexity index is 574. The van der Waals surface area contributed by atoms with E-state index in [-0.39, 0.29) is 11.2 Å². The summed E-state index contributed by atoms with van der Waals surface area (Å²) >= 11 is 2.42. The van der Waals surface area contributed by atoms with Gasteiger partial charge in [-0.1, -0.05) is 77.2 Å². The van der Waals surface area contributed by atoms with Crippen LogP contribution in [0.5, 0.6) is 0 Å². The van der Waals surface area contributed by atoms with Crippen LogP contribution in [0.4, 0.5) is 0 Å². The fourth-order valence-corrected chi connectivity index (χ4v) is 4.16. The minimum absolute atomic E-state index is 0.0392. The van der Waals surface area contributed by atoms with Gasteiger partial charge in [-0.05, 0) is 30.5 Å². The molecule has 0 unspecified atom stereocenters. The van der Waals surface area contributed by atoms with Crippen molar-refractivity contribution in [3.63, 3.8) is 0 Å². The minimum atomic E-state index is -0.0945. The first-order valence-electron chi connectivity index (χ1n) is 6.51. The number of rotatable bonds is 3. The Morgan fingerprint density at radius 3 is 1.89 bits per heavy atom. The molecule has 1 aliphatic heterocycles. The first-order valence-corrected chi connectivity index (χ1v) is 8.04. The third kappa shape index (κ3) is 2.11. The summed E-state index contributed by atoms with van der Waals surface area (Å²) in [5, 5.41) is 0. The van der Waals surface area contributed by atoms with Gasteiger partial charge in [0.25, 0.3) is 0 Å². The molecule has 98 valence electrons. The lowest BCUT2D eigenvalue weighted by molar-refractivity contribution is 0.292. The molecule has 1 heterocycles. The van der Waals surface area contributed by atoms with Crippen LogP contribution in [0, 0.1) is 0 Å². The van der Waals surface area contributed by atoms with Gasteiger partial charge in [-0.2, -0.15) is 0 Å². The Hall–Kier alpha value is -0.870. The van der Waals surface area contributed by atoms with Gasteiger partial charge in [-0.25, -0.2) is 0 Å². The van der Waals surface area contributed by atoms with Crippen LogP contribution >= 0.6 is 22.6 Å². The van der Waals surface area contributed by atoms with Gasteiger partial charge in [-0.15, -0.1) is 0 Å². The highest BCUT2D eigenvalue weighted by Gasteiger charge is 2.63. The molecular formula is C17H17IO. The van der Waals surface area contributed by atoms with E-state index in [1.54, 1.807) is 0 Å². The lowest BCUT2D eigenvalue weighted by Crippen LogP contribution is -2.19. The van der Waals surface area contributed by atoms with Gasteiger partial charge in [0.15, 0.2) is 0 Å². The molecule has 3 rings (SSSR count). The standard InChI is InChI=1S/C17H17IO/c1-16(2)17(12-18,19-16)15-10-8-14(9-11-15)13-6-4-3-5-7-13/h3-11H,12H2,1-2H3/t17-/m0/s1. The molecule has 2 aromatic rings. The third-order valence-electron chi connectivity index (χ3n) is 4.01. The number of epoxide rings is 1. The van der Waals surface area contributed by atoms with Gasteiger partial charge in [0.2, 0.25) is 0 Å². The second kappa shape index (κ2) is 4.60. The van der Waals surface area contributed by atoms with Crippen LogP contribution in [0.25, 0.3) is 11.1 Å². The summed E-state index contributed by atoms with van der Waals surface area (Å²) in [4.78, 5) is 0. The topological polar surface area (TPSA) is 12.5 Å². The van der Waals surface area contributed by atoms with Gasteiger partial charge in [0.05, 0.1) is 5.60 Å². The van der Waals surface area contributed by atoms with Crippen molar-refractivity contribution in [2.45, 2.75) is 25.0 Å². The molecule has 19 heavy (non-hydrogen) atoms. The van der Waals surface area contributed by atoms with Gasteiger partial charge in [-0.3, -0.25) is 0 Å². The van der Waals surface area contributed by atoms with Crippen molar-refractivity contribution in [3.8, 4) is 11.1 Å². The average molecular weight is 364 g/mol. The predicted octanol–water partition coefficient (Wildman–Crippen LogP) is 4.79. The number of benzene rings is 2. The fourth-order valence-electron chi connectivity index (χ4n) is 2.64. The summed E-state index contributed by atoms with van der Waals surface area (Å²) in [6.07, 6.45) is 0. The van der Waals surface area contributed by atoms with Crippen molar-refractivity contribution in [3.05, 3.63) is 60.2 Å². The number of halogens is 1. The SMILES string of the molecule is CC1(C)O[C@@]1(CI)c1ccc(-c2ccccc2)cc1. The van der Waals surface area contributed by atoms with Crippen LogP contribution in [0.1, 0.15) is 19.4 Å². The van der Waals surface area contributed by atoms with E-state index >= 15 is 0 Å². The highest BCUT2D eigenvalue weighted by atomic mass is 127. The summed E-state index contributed by atoms with van der Waals surface area (Å²) in [5.41, 5.74) is 3.66. The number of alkyl halides is 1. The Balaban J connectivity index is 1.93. The average Bonchev–Trinajstić information content (AvgIpc) is 3.03. The van der Waals surface area contributed by atoms with Crippen LogP contribution in [-0.4, -0.2) is 10.0 Å². The zero-order valence-corrected chi connectivity index (χ0v) is 13.3. The summed E-state index contributed by atoms with van der Waals surface area (Å²) in [7, 11) is 0. The van der Waals surface area contributed by atoms with E-state index in [9.17, 15) is 0 Å². The van der Waals surface area contributed by atoms with Crippen molar-refractivity contribution in [2.24, 2.45) is 0 Å². The first kappa shape index (κ1) is 13.1. The third-order valence-corrected chi connectivity index (χ3v) is 5.08. The van der Waals surface area contributed by atoms with Gasteiger partial charge in [0, 0.05) is 4.43 Å². The molecule has 0 aromatic heterocycles. The summed E-state index contributed by atoms with van der Waals surface area (Å²) < 4.78 is 6.95. The molecule has 1 aliphatic rings. The molecule has 1 nitrogen and oxygen atoms in total. The molecule has 0 N–H and O–H groups in total. The van der Waals surface area contributed by atoms with Crippen LogP contribution in [0.15, 0.2) is 54.6 Å². The van der Waals surface area contributed by atoms with Crippen LogP contribution in [0.3, 0.4) is 0 Å². The lowest BCUT2D eigenvalue weighted by atomic mass is 9.89.